The lowest BCUT2D eigenvalue weighted by Crippen LogP contribution is -2.28. The molecule has 1 atom stereocenters. The Morgan fingerprint density at radius 3 is 2.31 bits per heavy atom. The summed E-state index contributed by atoms with van der Waals surface area (Å²) in [6.45, 7) is 3.43. The molecule has 0 saturated carbocycles. The average Bonchev–Trinajstić information content (AvgIpc) is 2.72. The molecular weight excluding hydrogens is 390 g/mol. The Labute approximate surface area is 175 Å². The number of hydrogen-bond acceptors (Lipinski definition) is 6. The van der Waals surface area contributed by atoms with Gasteiger partial charge in [-0.1, -0.05) is 0 Å². The summed E-state index contributed by atoms with van der Waals surface area (Å²) < 4.78 is 16.0. The molecule has 0 radical (unpaired) electrons. The van der Waals surface area contributed by atoms with Gasteiger partial charge in [0.05, 0.1) is 33.1 Å². The molecule has 0 fully saturated rings. The van der Waals surface area contributed by atoms with E-state index in [1.54, 1.807) is 33.5 Å². The predicted octanol–water partition coefficient (Wildman–Crippen LogP) is 4.03. The molecule has 156 valence electrons. The van der Waals surface area contributed by atoms with Crippen LogP contribution in [0.25, 0.3) is 0 Å². The fourth-order valence-corrected chi connectivity index (χ4v) is 3.72. The van der Waals surface area contributed by atoms with Gasteiger partial charge in [-0.25, -0.2) is 0 Å². The van der Waals surface area contributed by atoms with Crippen LogP contribution in [0.4, 0.5) is 0 Å². The zero-order valence-corrected chi connectivity index (χ0v) is 18.2. The van der Waals surface area contributed by atoms with Gasteiger partial charge >= 0.3 is 0 Å². The highest BCUT2D eigenvalue weighted by atomic mass is 32.2. The normalized spacial score (nSPS) is 11.5. The van der Waals surface area contributed by atoms with E-state index >= 15 is 0 Å². The summed E-state index contributed by atoms with van der Waals surface area (Å²) >= 11 is 1.46. The van der Waals surface area contributed by atoms with Crippen molar-refractivity contribution >= 4 is 23.5 Å². The van der Waals surface area contributed by atoms with Gasteiger partial charge in [-0.05, 0) is 50.2 Å². The van der Waals surface area contributed by atoms with Crippen molar-refractivity contribution in [2.24, 2.45) is 0 Å². The third-order valence-corrected chi connectivity index (χ3v) is 5.44. The number of Topliss-reactive ketones (excluding diaryl/α,β-unsaturated/α-hetero) is 1. The lowest BCUT2D eigenvalue weighted by atomic mass is 10.1. The van der Waals surface area contributed by atoms with Crippen LogP contribution in [0.15, 0.2) is 36.4 Å². The summed E-state index contributed by atoms with van der Waals surface area (Å²) in [4.78, 5) is 24.0. The van der Waals surface area contributed by atoms with Gasteiger partial charge in [-0.15, -0.1) is 11.8 Å². The summed E-state index contributed by atoms with van der Waals surface area (Å²) in [7, 11) is 4.78. The second-order valence-electron chi connectivity index (χ2n) is 6.47. The molecule has 0 unspecified atom stereocenters. The van der Waals surface area contributed by atoms with Gasteiger partial charge in [-0.3, -0.25) is 9.59 Å². The van der Waals surface area contributed by atoms with E-state index in [9.17, 15) is 9.59 Å². The molecule has 2 rings (SSSR count). The van der Waals surface area contributed by atoms with Crippen LogP contribution in [-0.4, -0.2) is 38.8 Å². The first-order valence-corrected chi connectivity index (χ1v) is 10.3. The fourth-order valence-electron chi connectivity index (χ4n) is 2.90. The third kappa shape index (κ3) is 6.15. The van der Waals surface area contributed by atoms with E-state index in [2.05, 4.69) is 5.32 Å². The van der Waals surface area contributed by atoms with Gasteiger partial charge in [0.1, 0.15) is 17.2 Å². The van der Waals surface area contributed by atoms with E-state index in [-0.39, 0.29) is 23.5 Å². The predicted molar refractivity (Wildman–Crippen MR) is 115 cm³/mol. The van der Waals surface area contributed by atoms with Gasteiger partial charge in [0.2, 0.25) is 5.91 Å². The quantitative estimate of drug-likeness (QED) is 0.589. The minimum atomic E-state index is -0.233. The Morgan fingerprint density at radius 1 is 1.00 bits per heavy atom. The van der Waals surface area contributed by atoms with Crippen molar-refractivity contribution in [1.29, 1.82) is 0 Å². The van der Waals surface area contributed by atoms with E-state index in [0.29, 0.717) is 28.6 Å². The summed E-state index contributed by atoms with van der Waals surface area (Å²) in [6.07, 6.45) is 0. The van der Waals surface area contributed by atoms with Crippen LogP contribution in [0, 0.1) is 0 Å². The first kappa shape index (κ1) is 22.6. The van der Waals surface area contributed by atoms with Gasteiger partial charge < -0.3 is 19.5 Å². The number of carbonyl (C=O) groups excluding carboxylic acids is 2. The van der Waals surface area contributed by atoms with Crippen LogP contribution in [-0.2, 0) is 10.5 Å². The Morgan fingerprint density at radius 2 is 1.69 bits per heavy atom. The molecule has 0 spiro atoms. The van der Waals surface area contributed by atoms with Gasteiger partial charge in [0.15, 0.2) is 5.78 Å². The lowest BCUT2D eigenvalue weighted by molar-refractivity contribution is -0.119. The Hall–Kier alpha value is -2.67. The van der Waals surface area contributed by atoms with E-state index in [1.807, 2.05) is 31.2 Å². The summed E-state index contributed by atoms with van der Waals surface area (Å²) in [6, 6.07) is 10.6. The minimum Gasteiger partial charge on any atom is -0.497 e. The maximum atomic E-state index is 12.4. The van der Waals surface area contributed by atoms with Crippen molar-refractivity contribution < 1.29 is 23.8 Å². The Bertz CT molecular complexity index is 868. The van der Waals surface area contributed by atoms with Crippen LogP contribution in [0.2, 0.25) is 0 Å². The SMILES string of the molecule is COc1ccc(OC)c([C@H](C)NC(=O)CSCc2cc(C(C)=O)ccc2OC)c1. The van der Waals surface area contributed by atoms with Gasteiger partial charge in [-0.2, -0.15) is 0 Å². The molecule has 0 saturated heterocycles. The first-order valence-electron chi connectivity index (χ1n) is 9.16. The molecule has 6 nitrogen and oxygen atoms in total. The van der Waals surface area contributed by atoms with Crippen molar-refractivity contribution in [3.05, 3.63) is 53.1 Å². The third-order valence-electron chi connectivity index (χ3n) is 4.46. The smallest absolute Gasteiger partial charge is 0.230 e. The number of methoxy groups -OCH3 is 3. The highest BCUT2D eigenvalue weighted by molar-refractivity contribution is 7.99. The number of ketones is 1. The molecule has 1 amide bonds. The molecule has 7 heteroatoms. The number of nitrogens with one attached hydrogen (secondary N) is 1. The molecule has 29 heavy (non-hydrogen) atoms. The number of thioether (sulfide) groups is 1. The van der Waals surface area contributed by atoms with Gasteiger partial charge in [0.25, 0.3) is 0 Å². The van der Waals surface area contributed by atoms with Crippen LogP contribution in [0.5, 0.6) is 17.2 Å². The van der Waals surface area contributed by atoms with Gasteiger partial charge in [0, 0.05) is 22.4 Å². The van der Waals surface area contributed by atoms with Crippen LogP contribution >= 0.6 is 11.8 Å². The van der Waals surface area contributed by atoms with Crippen LogP contribution in [0.1, 0.15) is 41.4 Å². The molecule has 0 aliphatic carbocycles. The fraction of sp³-hybridized carbons (Fsp3) is 0.364. The van der Waals surface area contributed by atoms with Crippen LogP contribution < -0.4 is 19.5 Å². The van der Waals surface area contributed by atoms with E-state index in [0.717, 1.165) is 11.1 Å². The topological polar surface area (TPSA) is 73.9 Å². The molecule has 2 aromatic carbocycles. The van der Waals surface area contributed by atoms with E-state index in [1.165, 1.54) is 18.7 Å². The largest absolute Gasteiger partial charge is 0.497 e. The number of ether oxygens (including phenoxy) is 3. The number of hydrogen-bond donors (Lipinski definition) is 1. The van der Waals surface area contributed by atoms with Crippen molar-refractivity contribution in [3.63, 3.8) is 0 Å². The molecule has 0 heterocycles. The lowest BCUT2D eigenvalue weighted by Gasteiger charge is -2.18. The molecule has 0 bridgehead atoms. The zero-order chi connectivity index (χ0) is 21.4. The van der Waals surface area contributed by atoms with Crippen LogP contribution in [0.3, 0.4) is 0 Å². The summed E-state index contributed by atoms with van der Waals surface area (Å²) in [5.74, 6) is 2.86. The molecule has 0 aliphatic heterocycles. The van der Waals surface area contributed by atoms with Crippen molar-refractivity contribution in [1.82, 2.24) is 5.32 Å². The summed E-state index contributed by atoms with van der Waals surface area (Å²) in [5, 5.41) is 2.99. The molecule has 0 aromatic heterocycles. The highest BCUT2D eigenvalue weighted by Gasteiger charge is 2.16. The van der Waals surface area contributed by atoms with E-state index < -0.39 is 0 Å². The minimum absolute atomic E-state index is 0.00212. The second kappa shape index (κ2) is 10.8. The standard InChI is InChI=1S/C22H27NO5S/c1-14(19-11-18(26-3)7-9-21(19)28-5)23-22(25)13-29-12-17-10-16(15(2)24)6-8-20(17)27-4/h6-11,14H,12-13H2,1-5H3,(H,23,25)/t14-/m0/s1. The Kier molecular flexibility index (Phi) is 8.39. The average molecular weight is 418 g/mol. The molecule has 2 aromatic rings. The molecule has 0 aliphatic rings. The number of rotatable bonds is 10. The maximum absolute atomic E-state index is 12.4. The molecule has 1 N–H and O–H groups in total. The van der Waals surface area contributed by atoms with Crippen molar-refractivity contribution in [2.75, 3.05) is 27.1 Å². The van der Waals surface area contributed by atoms with Crippen molar-refractivity contribution in [2.45, 2.75) is 25.6 Å². The monoisotopic (exact) mass is 417 g/mol. The maximum Gasteiger partial charge on any atom is 0.230 e. The number of benzene rings is 2. The number of amides is 1. The van der Waals surface area contributed by atoms with E-state index in [4.69, 9.17) is 14.2 Å². The second-order valence-corrected chi connectivity index (χ2v) is 7.46. The molecular formula is C22H27NO5S. The first-order chi connectivity index (χ1) is 13.9. The Balaban J connectivity index is 1.97. The van der Waals surface area contributed by atoms with Crippen molar-refractivity contribution in [3.8, 4) is 17.2 Å². The summed E-state index contributed by atoms with van der Waals surface area (Å²) in [5.41, 5.74) is 2.37. The highest BCUT2D eigenvalue weighted by Crippen LogP contribution is 2.29. The zero-order valence-electron chi connectivity index (χ0n) is 17.4. The number of carbonyl (C=O) groups is 2.